The first-order chi connectivity index (χ1) is 11.2. The van der Waals surface area contributed by atoms with Crippen molar-refractivity contribution in [2.24, 2.45) is 5.14 Å². The van der Waals surface area contributed by atoms with E-state index < -0.39 is 15.9 Å². The van der Waals surface area contributed by atoms with Crippen molar-refractivity contribution < 1.29 is 13.2 Å². The molecule has 126 valence electrons. The zero-order valence-electron chi connectivity index (χ0n) is 11.9. The smallest absolute Gasteiger partial charge is 0.258 e. The van der Waals surface area contributed by atoms with Crippen molar-refractivity contribution in [1.82, 2.24) is 5.32 Å². The third-order valence-corrected chi connectivity index (χ3v) is 4.54. The summed E-state index contributed by atoms with van der Waals surface area (Å²) in [5.74, 6) is -0.527. The Morgan fingerprint density at radius 2 is 1.71 bits per heavy atom. The third-order valence-electron chi connectivity index (χ3n) is 2.84. The number of halogens is 2. The molecule has 0 aliphatic rings. The zero-order chi connectivity index (χ0) is 17.9. The summed E-state index contributed by atoms with van der Waals surface area (Å²) >= 11 is 16.8. The number of rotatable bonds is 3. The number of primary sulfonamides is 1. The molecule has 0 saturated heterocycles. The summed E-state index contributed by atoms with van der Waals surface area (Å²) in [5, 5.41) is 10.8. The van der Waals surface area contributed by atoms with Gasteiger partial charge in [0.25, 0.3) is 5.91 Å². The number of hydrogen-bond acceptors (Lipinski definition) is 4. The highest BCUT2D eigenvalue weighted by atomic mass is 35.5. The van der Waals surface area contributed by atoms with Gasteiger partial charge in [-0.15, -0.1) is 0 Å². The van der Waals surface area contributed by atoms with Crippen LogP contribution < -0.4 is 15.8 Å². The molecule has 0 unspecified atom stereocenters. The van der Waals surface area contributed by atoms with Crippen LogP contribution in [-0.4, -0.2) is 19.4 Å². The van der Waals surface area contributed by atoms with Gasteiger partial charge >= 0.3 is 0 Å². The van der Waals surface area contributed by atoms with E-state index in [1.807, 2.05) is 0 Å². The molecule has 0 aromatic heterocycles. The van der Waals surface area contributed by atoms with Gasteiger partial charge in [-0.2, -0.15) is 0 Å². The van der Waals surface area contributed by atoms with E-state index in [1.54, 1.807) is 6.07 Å². The monoisotopic (exact) mass is 403 g/mol. The van der Waals surface area contributed by atoms with Crippen molar-refractivity contribution in [3.05, 3.63) is 58.1 Å². The second-order valence-electron chi connectivity index (χ2n) is 4.60. The Bertz CT molecular complexity index is 900. The lowest BCUT2D eigenvalue weighted by Gasteiger charge is -2.11. The van der Waals surface area contributed by atoms with Crippen LogP contribution in [0.5, 0.6) is 0 Å². The quantitative estimate of drug-likeness (QED) is 0.683. The molecule has 24 heavy (non-hydrogen) atoms. The number of nitrogens with one attached hydrogen (secondary N) is 2. The summed E-state index contributed by atoms with van der Waals surface area (Å²) in [5.41, 5.74) is 0.655. The molecule has 0 fully saturated rings. The summed E-state index contributed by atoms with van der Waals surface area (Å²) < 4.78 is 22.4. The second-order valence-corrected chi connectivity index (χ2v) is 7.42. The maximum absolute atomic E-state index is 12.1. The van der Waals surface area contributed by atoms with Gasteiger partial charge in [0.05, 0.1) is 15.5 Å². The van der Waals surface area contributed by atoms with E-state index in [0.29, 0.717) is 10.7 Å². The van der Waals surface area contributed by atoms with Crippen LogP contribution in [0.4, 0.5) is 5.69 Å². The van der Waals surface area contributed by atoms with Crippen LogP contribution in [0, 0.1) is 0 Å². The van der Waals surface area contributed by atoms with Crippen molar-refractivity contribution in [2.75, 3.05) is 5.32 Å². The molecule has 2 aromatic carbocycles. The Labute approximate surface area is 154 Å². The lowest BCUT2D eigenvalue weighted by molar-refractivity contribution is 0.0978. The van der Waals surface area contributed by atoms with Gasteiger partial charge in [0.1, 0.15) is 0 Å². The predicted molar refractivity (Wildman–Crippen MR) is 98.0 cm³/mol. The standard InChI is InChI=1S/C14H11Cl2N3O3S2/c15-8-1-6-12(16)11(7-8)13(20)19-14(23)18-9-2-4-10(5-3-9)24(17,21)22/h1-7H,(H2,17,21,22)(H2,18,19,20,23). The fourth-order valence-electron chi connectivity index (χ4n) is 1.73. The summed E-state index contributed by atoms with van der Waals surface area (Å²) in [4.78, 5) is 12.1. The Hall–Kier alpha value is -1.71. The lowest BCUT2D eigenvalue weighted by atomic mass is 10.2. The van der Waals surface area contributed by atoms with Crippen LogP contribution in [-0.2, 0) is 10.0 Å². The number of carbonyl (C=O) groups is 1. The van der Waals surface area contributed by atoms with E-state index in [9.17, 15) is 13.2 Å². The number of sulfonamides is 1. The van der Waals surface area contributed by atoms with E-state index >= 15 is 0 Å². The first kappa shape index (κ1) is 18.6. The molecule has 0 heterocycles. The molecular weight excluding hydrogens is 393 g/mol. The van der Waals surface area contributed by atoms with Crippen molar-refractivity contribution in [2.45, 2.75) is 4.90 Å². The minimum absolute atomic E-state index is 0.0133. The van der Waals surface area contributed by atoms with Crippen LogP contribution in [0.25, 0.3) is 0 Å². The Balaban J connectivity index is 2.05. The molecule has 0 spiro atoms. The first-order valence-electron chi connectivity index (χ1n) is 6.37. The Morgan fingerprint density at radius 3 is 2.29 bits per heavy atom. The van der Waals surface area contributed by atoms with Crippen LogP contribution in [0.2, 0.25) is 10.0 Å². The van der Waals surface area contributed by atoms with Gasteiger partial charge in [0.15, 0.2) is 5.11 Å². The van der Waals surface area contributed by atoms with E-state index in [-0.39, 0.29) is 20.6 Å². The fourth-order valence-corrected chi connectivity index (χ4v) is 2.83. The zero-order valence-corrected chi connectivity index (χ0v) is 15.1. The molecule has 0 bridgehead atoms. The number of amides is 1. The normalized spacial score (nSPS) is 11.0. The summed E-state index contributed by atoms with van der Waals surface area (Å²) in [7, 11) is -3.77. The van der Waals surface area contributed by atoms with Gasteiger partial charge in [0, 0.05) is 10.7 Å². The molecule has 0 radical (unpaired) electrons. The SMILES string of the molecule is NS(=O)(=O)c1ccc(NC(=S)NC(=O)c2cc(Cl)ccc2Cl)cc1. The third kappa shape index (κ3) is 4.89. The minimum Gasteiger partial charge on any atom is -0.332 e. The highest BCUT2D eigenvalue weighted by Crippen LogP contribution is 2.20. The molecular formula is C14H11Cl2N3O3S2. The minimum atomic E-state index is -3.77. The van der Waals surface area contributed by atoms with Crippen molar-refractivity contribution >= 4 is 62.2 Å². The summed E-state index contributed by atoms with van der Waals surface area (Å²) in [6.07, 6.45) is 0. The Kier molecular flexibility index (Phi) is 5.79. The molecule has 0 aliphatic heterocycles. The molecule has 4 N–H and O–H groups in total. The molecule has 2 aromatic rings. The molecule has 1 amide bonds. The molecule has 0 aliphatic carbocycles. The van der Waals surface area contributed by atoms with Crippen LogP contribution in [0.1, 0.15) is 10.4 Å². The maximum Gasteiger partial charge on any atom is 0.258 e. The first-order valence-corrected chi connectivity index (χ1v) is 9.08. The van der Waals surface area contributed by atoms with Gasteiger partial charge in [0.2, 0.25) is 10.0 Å². The topological polar surface area (TPSA) is 101 Å². The van der Waals surface area contributed by atoms with Gasteiger partial charge in [-0.25, -0.2) is 13.6 Å². The fraction of sp³-hybridized carbons (Fsp3) is 0. The average Bonchev–Trinajstić information content (AvgIpc) is 2.49. The molecule has 0 saturated carbocycles. The van der Waals surface area contributed by atoms with Crippen LogP contribution >= 0.6 is 35.4 Å². The van der Waals surface area contributed by atoms with E-state index in [0.717, 1.165) is 0 Å². The van der Waals surface area contributed by atoms with Gasteiger partial charge in [-0.3, -0.25) is 10.1 Å². The van der Waals surface area contributed by atoms with Crippen molar-refractivity contribution in [3.8, 4) is 0 Å². The van der Waals surface area contributed by atoms with E-state index in [2.05, 4.69) is 10.6 Å². The largest absolute Gasteiger partial charge is 0.332 e. The van der Waals surface area contributed by atoms with Crippen LogP contribution in [0.3, 0.4) is 0 Å². The number of carbonyl (C=O) groups excluding carboxylic acids is 1. The van der Waals surface area contributed by atoms with Gasteiger partial charge in [-0.1, -0.05) is 23.2 Å². The molecule has 10 heteroatoms. The van der Waals surface area contributed by atoms with E-state index in [4.69, 9.17) is 40.6 Å². The average molecular weight is 404 g/mol. The summed E-state index contributed by atoms with van der Waals surface area (Å²) in [6.45, 7) is 0. The van der Waals surface area contributed by atoms with Crippen LogP contribution in [0.15, 0.2) is 47.4 Å². The van der Waals surface area contributed by atoms with Gasteiger partial charge < -0.3 is 5.32 Å². The molecule has 0 atom stereocenters. The second kappa shape index (κ2) is 7.45. The highest BCUT2D eigenvalue weighted by molar-refractivity contribution is 7.89. The van der Waals surface area contributed by atoms with Crippen molar-refractivity contribution in [3.63, 3.8) is 0 Å². The number of hydrogen-bond donors (Lipinski definition) is 3. The Morgan fingerprint density at radius 1 is 1.08 bits per heavy atom. The number of benzene rings is 2. The van der Waals surface area contributed by atoms with Crippen molar-refractivity contribution in [1.29, 1.82) is 0 Å². The molecule has 2 rings (SSSR count). The number of thiocarbonyl (C=S) groups is 1. The predicted octanol–water partition coefficient (Wildman–Crippen LogP) is 2.77. The highest BCUT2D eigenvalue weighted by Gasteiger charge is 2.13. The maximum atomic E-state index is 12.1. The lowest BCUT2D eigenvalue weighted by Crippen LogP contribution is -2.34. The van der Waals surface area contributed by atoms with Gasteiger partial charge in [-0.05, 0) is 54.7 Å². The summed E-state index contributed by atoms with van der Waals surface area (Å²) in [6, 6.07) is 10.0. The molecule has 6 nitrogen and oxygen atoms in total. The number of nitrogens with two attached hydrogens (primary N) is 1. The van der Waals surface area contributed by atoms with E-state index in [1.165, 1.54) is 36.4 Å². The number of anilines is 1.